The first kappa shape index (κ1) is 16.0. The van der Waals surface area contributed by atoms with Gasteiger partial charge in [-0.1, -0.05) is 69.8 Å². The van der Waals surface area contributed by atoms with E-state index in [9.17, 15) is 4.79 Å². The average Bonchev–Trinajstić information content (AvgIpc) is 2.91. The van der Waals surface area contributed by atoms with Crippen molar-refractivity contribution in [3.05, 3.63) is 24.3 Å². The van der Waals surface area contributed by atoms with Crippen molar-refractivity contribution in [1.82, 2.24) is 5.32 Å². The number of rotatable bonds is 11. The van der Waals surface area contributed by atoms with Crippen molar-refractivity contribution >= 4 is 5.91 Å². The third-order valence-electron chi connectivity index (χ3n) is 3.63. The second kappa shape index (κ2) is 10.8. The van der Waals surface area contributed by atoms with Crippen LogP contribution in [0.3, 0.4) is 0 Å². The van der Waals surface area contributed by atoms with Gasteiger partial charge in [0.15, 0.2) is 0 Å². The second-order valence-corrected chi connectivity index (χ2v) is 5.44. The van der Waals surface area contributed by atoms with Gasteiger partial charge in [-0.2, -0.15) is 0 Å². The summed E-state index contributed by atoms with van der Waals surface area (Å²) in [5.74, 6) is 0.748. The molecule has 0 aromatic rings. The Hall–Kier alpha value is -1.05. The monoisotopic (exact) mass is 263 g/mol. The van der Waals surface area contributed by atoms with Gasteiger partial charge < -0.3 is 5.32 Å². The van der Waals surface area contributed by atoms with E-state index in [1.165, 1.54) is 38.5 Å². The van der Waals surface area contributed by atoms with Gasteiger partial charge >= 0.3 is 0 Å². The number of allylic oxidation sites excluding steroid dienone is 4. The van der Waals surface area contributed by atoms with E-state index in [1.807, 2.05) is 0 Å². The van der Waals surface area contributed by atoms with Crippen molar-refractivity contribution in [3.63, 3.8) is 0 Å². The van der Waals surface area contributed by atoms with Gasteiger partial charge in [0, 0.05) is 13.0 Å². The molecule has 108 valence electrons. The van der Waals surface area contributed by atoms with Gasteiger partial charge in [0.25, 0.3) is 0 Å². The zero-order chi connectivity index (χ0) is 13.8. The Balaban J connectivity index is 1.85. The molecule has 19 heavy (non-hydrogen) atoms. The maximum atomic E-state index is 11.6. The van der Waals surface area contributed by atoms with E-state index >= 15 is 0 Å². The number of hydrogen-bond donors (Lipinski definition) is 1. The van der Waals surface area contributed by atoms with Crippen LogP contribution < -0.4 is 5.32 Å². The summed E-state index contributed by atoms with van der Waals surface area (Å²) in [6.45, 7) is 3.04. The molecule has 2 nitrogen and oxygen atoms in total. The molecule has 0 spiro atoms. The van der Waals surface area contributed by atoms with E-state index in [2.05, 4.69) is 36.5 Å². The zero-order valence-electron chi connectivity index (χ0n) is 12.4. The van der Waals surface area contributed by atoms with E-state index in [4.69, 9.17) is 0 Å². The van der Waals surface area contributed by atoms with E-state index in [-0.39, 0.29) is 5.91 Å². The summed E-state index contributed by atoms with van der Waals surface area (Å²) in [6.07, 6.45) is 19.1. The van der Waals surface area contributed by atoms with Crippen LogP contribution in [0.1, 0.15) is 64.7 Å². The molecular weight excluding hydrogens is 234 g/mol. The predicted molar refractivity (Wildman–Crippen MR) is 82.0 cm³/mol. The summed E-state index contributed by atoms with van der Waals surface area (Å²) >= 11 is 0. The highest BCUT2D eigenvalue weighted by atomic mass is 16.1. The Morgan fingerprint density at radius 3 is 2.32 bits per heavy atom. The summed E-state index contributed by atoms with van der Waals surface area (Å²) in [6, 6.07) is 0. The quantitative estimate of drug-likeness (QED) is 0.551. The Labute approximate surface area is 118 Å². The molecule has 0 bridgehead atoms. The summed E-state index contributed by atoms with van der Waals surface area (Å²) in [4.78, 5) is 11.6. The predicted octanol–water partition coefficient (Wildman–Crippen LogP) is 4.38. The normalized spacial score (nSPS) is 14.2. The van der Waals surface area contributed by atoms with Crippen LogP contribution in [-0.4, -0.2) is 12.5 Å². The number of carbonyl (C=O) groups is 1. The molecule has 0 radical (unpaired) electrons. The molecule has 1 rings (SSSR count). The summed E-state index contributed by atoms with van der Waals surface area (Å²) in [5.41, 5.74) is 0. The average molecular weight is 263 g/mol. The third kappa shape index (κ3) is 8.63. The van der Waals surface area contributed by atoms with Crippen molar-refractivity contribution in [1.29, 1.82) is 0 Å². The molecule has 0 aromatic carbocycles. The van der Waals surface area contributed by atoms with Crippen LogP contribution in [0.5, 0.6) is 0 Å². The van der Waals surface area contributed by atoms with Crippen molar-refractivity contribution in [3.8, 4) is 0 Å². The third-order valence-corrected chi connectivity index (χ3v) is 3.63. The molecule has 0 saturated carbocycles. The molecule has 0 unspecified atom stereocenters. The van der Waals surface area contributed by atoms with Crippen LogP contribution in [0, 0.1) is 5.92 Å². The van der Waals surface area contributed by atoms with Gasteiger partial charge in [0.2, 0.25) is 5.91 Å². The van der Waals surface area contributed by atoms with E-state index < -0.39 is 0 Å². The van der Waals surface area contributed by atoms with Gasteiger partial charge in [0.1, 0.15) is 0 Å². The molecule has 2 heteroatoms. The van der Waals surface area contributed by atoms with E-state index in [1.54, 1.807) is 0 Å². The topological polar surface area (TPSA) is 29.1 Å². The molecule has 1 amide bonds. The van der Waals surface area contributed by atoms with E-state index in [0.717, 1.165) is 19.4 Å². The first-order chi connectivity index (χ1) is 9.33. The Morgan fingerprint density at radius 1 is 1.00 bits per heavy atom. The molecule has 1 aliphatic rings. The highest BCUT2D eigenvalue weighted by Gasteiger charge is 2.05. The molecule has 0 heterocycles. The van der Waals surface area contributed by atoms with Crippen LogP contribution in [0.25, 0.3) is 0 Å². The van der Waals surface area contributed by atoms with Gasteiger partial charge in [-0.3, -0.25) is 4.79 Å². The lowest BCUT2D eigenvalue weighted by atomic mass is 10.1. The molecule has 0 aliphatic heterocycles. The lowest BCUT2D eigenvalue weighted by molar-refractivity contribution is -0.121. The van der Waals surface area contributed by atoms with Gasteiger partial charge in [-0.05, 0) is 18.8 Å². The Kier molecular flexibility index (Phi) is 9.13. The first-order valence-electron chi connectivity index (χ1n) is 7.94. The molecule has 0 fully saturated rings. The smallest absolute Gasteiger partial charge is 0.219 e. The molecule has 0 aromatic heterocycles. The Morgan fingerprint density at radius 2 is 1.63 bits per heavy atom. The number of unbranched alkanes of at least 4 members (excludes halogenated alkanes) is 6. The fraction of sp³-hybridized carbons (Fsp3) is 0.706. The van der Waals surface area contributed by atoms with Crippen molar-refractivity contribution < 1.29 is 4.79 Å². The SMILES string of the molecule is CCCCCCCCCC(=O)NCCC1C=CC=C1. The molecule has 0 saturated heterocycles. The molecular formula is C17H29NO. The lowest BCUT2D eigenvalue weighted by Gasteiger charge is -2.07. The van der Waals surface area contributed by atoms with Crippen LogP contribution in [0.4, 0.5) is 0 Å². The fourth-order valence-corrected chi connectivity index (χ4v) is 2.38. The van der Waals surface area contributed by atoms with Crippen molar-refractivity contribution in [2.75, 3.05) is 6.54 Å². The minimum Gasteiger partial charge on any atom is -0.356 e. The zero-order valence-corrected chi connectivity index (χ0v) is 12.4. The first-order valence-corrected chi connectivity index (χ1v) is 7.94. The molecule has 1 N–H and O–H groups in total. The minimum atomic E-state index is 0.222. The van der Waals surface area contributed by atoms with Crippen LogP contribution >= 0.6 is 0 Å². The van der Waals surface area contributed by atoms with Crippen LogP contribution in [-0.2, 0) is 4.79 Å². The second-order valence-electron chi connectivity index (χ2n) is 5.44. The molecule has 0 atom stereocenters. The highest BCUT2D eigenvalue weighted by Crippen LogP contribution is 2.12. The molecule has 1 aliphatic carbocycles. The number of carbonyl (C=O) groups excluding carboxylic acids is 1. The highest BCUT2D eigenvalue weighted by molar-refractivity contribution is 5.75. The Bertz CT molecular complexity index is 282. The largest absolute Gasteiger partial charge is 0.356 e. The van der Waals surface area contributed by atoms with Gasteiger partial charge in [-0.15, -0.1) is 0 Å². The summed E-state index contributed by atoms with van der Waals surface area (Å²) < 4.78 is 0. The van der Waals surface area contributed by atoms with Crippen molar-refractivity contribution in [2.45, 2.75) is 64.7 Å². The summed E-state index contributed by atoms with van der Waals surface area (Å²) in [7, 11) is 0. The van der Waals surface area contributed by atoms with Gasteiger partial charge in [-0.25, -0.2) is 0 Å². The fourth-order valence-electron chi connectivity index (χ4n) is 2.38. The maximum Gasteiger partial charge on any atom is 0.219 e. The standard InChI is InChI=1S/C17H29NO/c1-2-3-4-5-6-7-8-13-17(19)18-15-14-16-11-9-10-12-16/h9-12,16H,2-8,13-15H2,1H3,(H,18,19). The number of hydrogen-bond acceptors (Lipinski definition) is 1. The maximum absolute atomic E-state index is 11.6. The van der Waals surface area contributed by atoms with E-state index in [0.29, 0.717) is 12.3 Å². The summed E-state index contributed by atoms with van der Waals surface area (Å²) in [5, 5.41) is 3.01. The van der Waals surface area contributed by atoms with Crippen LogP contribution in [0.15, 0.2) is 24.3 Å². The van der Waals surface area contributed by atoms with Crippen LogP contribution in [0.2, 0.25) is 0 Å². The van der Waals surface area contributed by atoms with Crippen molar-refractivity contribution in [2.24, 2.45) is 5.92 Å². The van der Waals surface area contributed by atoms with Gasteiger partial charge in [0.05, 0.1) is 0 Å². The lowest BCUT2D eigenvalue weighted by Crippen LogP contribution is -2.25. The number of amides is 1. The minimum absolute atomic E-state index is 0.222. The number of nitrogens with one attached hydrogen (secondary N) is 1.